The Morgan fingerprint density at radius 2 is 1.00 bits per heavy atom. The summed E-state index contributed by atoms with van der Waals surface area (Å²) in [6.45, 7) is 4.08. The third kappa shape index (κ3) is 27.4. The second kappa shape index (κ2) is 32.5. The minimum Gasteiger partial charge on any atom is -0.394 e. The Morgan fingerprint density at radius 3 is 1.52 bits per heavy atom. The molecule has 0 bridgehead atoms. The minimum absolute atomic E-state index is 0.382. The first-order valence-corrected chi connectivity index (χ1v) is 17.8. The topological polar surface area (TPSA) is 89.8 Å². The lowest BCUT2D eigenvalue weighted by Crippen LogP contribution is -2.48. The summed E-state index contributed by atoms with van der Waals surface area (Å²) in [5.41, 5.74) is 0. The van der Waals surface area contributed by atoms with Gasteiger partial charge in [-0.05, 0) is 51.4 Å². The molecule has 5 heteroatoms. The smallest absolute Gasteiger partial charge is 0.249 e. The second-order valence-electron chi connectivity index (χ2n) is 12.1. The van der Waals surface area contributed by atoms with Crippen molar-refractivity contribution in [2.24, 2.45) is 0 Å². The van der Waals surface area contributed by atoms with Crippen molar-refractivity contribution in [1.82, 2.24) is 5.32 Å². The van der Waals surface area contributed by atoms with E-state index in [1.807, 2.05) is 6.08 Å². The van der Waals surface area contributed by atoms with Gasteiger partial charge in [-0.1, -0.05) is 153 Å². The number of aliphatic hydroxyl groups is 3. The summed E-state index contributed by atoms with van der Waals surface area (Å²) in [7, 11) is 0. The molecule has 0 aliphatic rings. The number of unbranched alkanes of at least 4 members (excludes halogenated alkanes) is 19. The Kier molecular flexibility index (Phi) is 31.4. The molecule has 0 radical (unpaired) electrons. The van der Waals surface area contributed by atoms with Gasteiger partial charge >= 0.3 is 0 Å². The van der Waals surface area contributed by atoms with Crippen LogP contribution < -0.4 is 5.32 Å². The Labute approximate surface area is 260 Å². The van der Waals surface area contributed by atoms with E-state index in [1.165, 1.54) is 96.3 Å². The van der Waals surface area contributed by atoms with Crippen LogP contribution in [0.25, 0.3) is 0 Å². The Morgan fingerprint density at radius 1 is 0.571 bits per heavy atom. The maximum atomic E-state index is 12.3. The molecule has 0 spiro atoms. The van der Waals surface area contributed by atoms with Crippen molar-refractivity contribution < 1.29 is 20.1 Å². The lowest BCUT2D eigenvalue weighted by Gasteiger charge is -2.21. The van der Waals surface area contributed by atoms with Gasteiger partial charge in [-0.15, -0.1) is 0 Å². The SMILES string of the molecule is CCCC/C=C\CCCCCC(O)C(=O)NC(CO)C(O)/C=C/CC/C=C/CCCCCCCCCCCCCCC. The minimum atomic E-state index is -1.12. The average Bonchev–Trinajstić information content (AvgIpc) is 2.99. The van der Waals surface area contributed by atoms with E-state index in [-0.39, 0.29) is 6.61 Å². The molecule has 3 unspecified atom stereocenters. The molecule has 0 aromatic rings. The molecule has 1 amide bonds. The molecule has 246 valence electrons. The second-order valence-corrected chi connectivity index (χ2v) is 12.1. The zero-order valence-electron chi connectivity index (χ0n) is 27.6. The molecule has 0 aliphatic carbocycles. The molecular weight excluding hydrogens is 522 g/mol. The lowest BCUT2D eigenvalue weighted by atomic mass is 10.0. The van der Waals surface area contributed by atoms with Gasteiger partial charge in [0.2, 0.25) is 5.91 Å². The number of aliphatic hydroxyl groups excluding tert-OH is 3. The molecular formula is C37H69NO4. The quantitative estimate of drug-likeness (QED) is 0.0478. The first kappa shape index (κ1) is 40.6. The van der Waals surface area contributed by atoms with Crippen LogP contribution in [0.15, 0.2) is 36.5 Å². The Bertz CT molecular complexity index is 660. The summed E-state index contributed by atoms with van der Waals surface area (Å²) in [6, 6.07) is -0.817. The zero-order chi connectivity index (χ0) is 30.9. The maximum Gasteiger partial charge on any atom is 0.249 e. The Hall–Kier alpha value is -1.43. The predicted octanol–water partition coefficient (Wildman–Crippen LogP) is 9.26. The number of carbonyl (C=O) groups is 1. The average molecular weight is 592 g/mol. The largest absolute Gasteiger partial charge is 0.394 e. The monoisotopic (exact) mass is 592 g/mol. The van der Waals surface area contributed by atoms with Crippen molar-refractivity contribution in [1.29, 1.82) is 0 Å². The summed E-state index contributed by atoms with van der Waals surface area (Å²) in [6.07, 6.45) is 38.9. The van der Waals surface area contributed by atoms with Gasteiger partial charge in [-0.3, -0.25) is 4.79 Å². The summed E-state index contributed by atoms with van der Waals surface area (Å²) in [5.74, 6) is -0.530. The van der Waals surface area contributed by atoms with Crippen molar-refractivity contribution in [3.63, 3.8) is 0 Å². The number of hydrogen-bond acceptors (Lipinski definition) is 4. The molecule has 0 saturated carbocycles. The molecule has 0 fully saturated rings. The van der Waals surface area contributed by atoms with E-state index in [9.17, 15) is 20.1 Å². The molecule has 0 aliphatic heterocycles. The summed E-state index contributed by atoms with van der Waals surface area (Å²) < 4.78 is 0. The van der Waals surface area contributed by atoms with Gasteiger partial charge in [0.05, 0.1) is 18.8 Å². The van der Waals surface area contributed by atoms with Gasteiger partial charge in [-0.2, -0.15) is 0 Å². The highest BCUT2D eigenvalue weighted by Gasteiger charge is 2.22. The fraction of sp³-hybridized carbons (Fsp3) is 0.811. The van der Waals surface area contributed by atoms with Crippen LogP contribution in [0.4, 0.5) is 0 Å². The normalized spacial score (nSPS) is 14.3. The van der Waals surface area contributed by atoms with Crippen molar-refractivity contribution in [2.45, 2.75) is 186 Å². The van der Waals surface area contributed by atoms with Crippen LogP contribution >= 0.6 is 0 Å². The third-order valence-electron chi connectivity index (χ3n) is 7.95. The standard InChI is InChI=1S/C37H69NO4/c1-3-5-7-9-11-13-14-15-16-17-18-19-20-21-22-24-25-27-29-31-35(40)34(33-39)38-37(42)36(41)32-30-28-26-23-12-10-8-6-4-2/h10,12,22,24,29,31,34-36,39-41H,3-9,11,13-21,23,25-28,30,32-33H2,1-2H3,(H,38,42)/b12-10-,24-22+,31-29+. The van der Waals surface area contributed by atoms with E-state index >= 15 is 0 Å². The van der Waals surface area contributed by atoms with E-state index in [0.717, 1.165) is 51.4 Å². The maximum absolute atomic E-state index is 12.3. The van der Waals surface area contributed by atoms with Crippen molar-refractivity contribution in [3.05, 3.63) is 36.5 Å². The van der Waals surface area contributed by atoms with Crippen LogP contribution in [0.1, 0.15) is 168 Å². The molecule has 42 heavy (non-hydrogen) atoms. The van der Waals surface area contributed by atoms with Gasteiger partial charge in [-0.25, -0.2) is 0 Å². The first-order chi connectivity index (χ1) is 20.6. The zero-order valence-corrected chi connectivity index (χ0v) is 27.6. The van der Waals surface area contributed by atoms with Crippen LogP contribution in [-0.2, 0) is 4.79 Å². The van der Waals surface area contributed by atoms with Gasteiger partial charge < -0.3 is 20.6 Å². The number of carbonyl (C=O) groups excluding carboxylic acids is 1. The van der Waals surface area contributed by atoms with Gasteiger partial charge in [0.15, 0.2) is 0 Å². The highest BCUT2D eigenvalue weighted by atomic mass is 16.3. The predicted molar refractivity (Wildman–Crippen MR) is 181 cm³/mol. The first-order valence-electron chi connectivity index (χ1n) is 17.8. The number of nitrogens with one attached hydrogen (secondary N) is 1. The fourth-order valence-electron chi connectivity index (χ4n) is 5.06. The van der Waals surface area contributed by atoms with E-state index in [2.05, 4.69) is 43.5 Å². The molecule has 0 heterocycles. The molecule has 0 aromatic heterocycles. The number of hydrogen-bond donors (Lipinski definition) is 4. The number of amides is 1. The van der Waals surface area contributed by atoms with Crippen molar-refractivity contribution in [2.75, 3.05) is 6.61 Å². The fourth-order valence-corrected chi connectivity index (χ4v) is 5.06. The van der Waals surface area contributed by atoms with E-state index in [0.29, 0.717) is 6.42 Å². The molecule has 4 N–H and O–H groups in total. The number of rotatable bonds is 31. The van der Waals surface area contributed by atoms with Gasteiger partial charge in [0.1, 0.15) is 6.10 Å². The molecule has 3 atom stereocenters. The Balaban J connectivity index is 3.79. The summed E-state index contributed by atoms with van der Waals surface area (Å²) in [5, 5.41) is 32.8. The summed E-state index contributed by atoms with van der Waals surface area (Å²) in [4.78, 5) is 12.3. The van der Waals surface area contributed by atoms with Crippen LogP contribution in [0, 0.1) is 0 Å². The lowest BCUT2D eigenvalue weighted by molar-refractivity contribution is -0.131. The van der Waals surface area contributed by atoms with Crippen molar-refractivity contribution >= 4 is 5.91 Å². The number of allylic oxidation sites excluding steroid dienone is 5. The molecule has 5 nitrogen and oxygen atoms in total. The van der Waals surface area contributed by atoms with Gasteiger partial charge in [0.25, 0.3) is 0 Å². The highest BCUT2D eigenvalue weighted by molar-refractivity contribution is 5.80. The van der Waals surface area contributed by atoms with E-state index in [4.69, 9.17) is 0 Å². The van der Waals surface area contributed by atoms with E-state index < -0.39 is 24.2 Å². The third-order valence-corrected chi connectivity index (χ3v) is 7.95. The van der Waals surface area contributed by atoms with Crippen LogP contribution in [0.5, 0.6) is 0 Å². The highest BCUT2D eigenvalue weighted by Crippen LogP contribution is 2.13. The van der Waals surface area contributed by atoms with Crippen LogP contribution in [-0.4, -0.2) is 46.1 Å². The van der Waals surface area contributed by atoms with Gasteiger partial charge in [0, 0.05) is 0 Å². The van der Waals surface area contributed by atoms with Crippen LogP contribution in [0.2, 0.25) is 0 Å². The molecule has 0 rings (SSSR count). The van der Waals surface area contributed by atoms with Crippen LogP contribution in [0.3, 0.4) is 0 Å². The summed E-state index contributed by atoms with van der Waals surface area (Å²) >= 11 is 0. The van der Waals surface area contributed by atoms with Crippen molar-refractivity contribution in [3.8, 4) is 0 Å². The molecule has 0 saturated heterocycles. The van der Waals surface area contributed by atoms with E-state index in [1.54, 1.807) is 6.08 Å². The molecule has 0 aromatic carbocycles.